The van der Waals surface area contributed by atoms with Gasteiger partial charge < -0.3 is 9.97 Å². The van der Waals surface area contributed by atoms with E-state index >= 15 is 0 Å². The second-order valence-corrected chi connectivity index (χ2v) is 6.02. The highest BCUT2D eigenvalue weighted by Gasteiger charge is 2.12. The summed E-state index contributed by atoms with van der Waals surface area (Å²) in [6, 6.07) is 19.8. The van der Waals surface area contributed by atoms with Crippen LogP contribution < -0.4 is 5.56 Å². The molecular formula is C20H14N4O. The Hall–Kier alpha value is -3.60. The molecule has 3 N–H and O–H groups in total. The van der Waals surface area contributed by atoms with Crippen LogP contribution in [0.1, 0.15) is 0 Å². The summed E-state index contributed by atoms with van der Waals surface area (Å²) in [6.07, 6.45) is 1.63. The van der Waals surface area contributed by atoms with Crippen molar-refractivity contribution in [2.24, 2.45) is 0 Å². The first-order valence-electron chi connectivity index (χ1n) is 8.04. The molecule has 0 amide bonds. The van der Waals surface area contributed by atoms with Gasteiger partial charge in [-0.3, -0.25) is 9.89 Å². The molecule has 5 heteroatoms. The zero-order valence-corrected chi connectivity index (χ0v) is 13.2. The molecule has 0 unspecified atom stereocenters. The maximum Gasteiger partial charge on any atom is 0.255 e. The monoisotopic (exact) mass is 326 g/mol. The standard InChI is InChI=1S/C20H14N4O/c25-20-14(5-3-9-21-20)12-7-8-15-17(10-12)23-24-19(15)18-11-13-4-1-2-6-16(13)22-18/h1-11,22H,(H,21,25)(H,23,24). The van der Waals surface area contributed by atoms with Crippen molar-refractivity contribution in [1.29, 1.82) is 0 Å². The fourth-order valence-corrected chi connectivity index (χ4v) is 3.24. The first kappa shape index (κ1) is 13.8. The number of pyridine rings is 1. The lowest BCUT2D eigenvalue weighted by Crippen LogP contribution is -2.06. The molecule has 0 aliphatic rings. The van der Waals surface area contributed by atoms with Gasteiger partial charge in [-0.1, -0.05) is 24.3 Å². The largest absolute Gasteiger partial charge is 0.353 e. The Morgan fingerprint density at radius 3 is 2.68 bits per heavy atom. The summed E-state index contributed by atoms with van der Waals surface area (Å²) >= 11 is 0. The lowest BCUT2D eigenvalue weighted by Gasteiger charge is -2.00. The topological polar surface area (TPSA) is 77.3 Å². The molecule has 5 rings (SSSR count). The normalized spacial score (nSPS) is 11.4. The molecule has 5 nitrogen and oxygen atoms in total. The summed E-state index contributed by atoms with van der Waals surface area (Å²) in [5.74, 6) is 0. The van der Waals surface area contributed by atoms with Crippen LogP contribution >= 0.6 is 0 Å². The van der Waals surface area contributed by atoms with Crippen LogP contribution in [0.25, 0.3) is 44.3 Å². The van der Waals surface area contributed by atoms with Crippen molar-refractivity contribution >= 4 is 21.8 Å². The van der Waals surface area contributed by atoms with E-state index in [2.05, 4.69) is 32.3 Å². The quantitative estimate of drug-likeness (QED) is 0.457. The molecule has 3 heterocycles. The summed E-state index contributed by atoms with van der Waals surface area (Å²) in [5.41, 5.74) is 5.23. The molecule has 120 valence electrons. The highest BCUT2D eigenvalue weighted by Crippen LogP contribution is 2.30. The summed E-state index contributed by atoms with van der Waals surface area (Å²) in [6.45, 7) is 0. The number of nitrogens with zero attached hydrogens (tertiary/aromatic N) is 1. The third kappa shape index (κ3) is 2.17. The molecule has 0 fully saturated rings. The van der Waals surface area contributed by atoms with Crippen LogP contribution in [-0.4, -0.2) is 20.2 Å². The van der Waals surface area contributed by atoms with E-state index in [9.17, 15) is 4.79 Å². The number of para-hydroxylation sites is 1. The van der Waals surface area contributed by atoms with Crippen LogP contribution in [0.15, 0.2) is 71.7 Å². The van der Waals surface area contributed by atoms with Crippen LogP contribution in [0.4, 0.5) is 0 Å². The molecule has 25 heavy (non-hydrogen) atoms. The van der Waals surface area contributed by atoms with Crippen molar-refractivity contribution in [3.05, 3.63) is 77.2 Å². The van der Waals surface area contributed by atoms with Gasteiger partial charge in [-0.2, -0.15) is 5.10 Å². The molecular weight excluding hydrogens is 312 g/mol. The molecule has 5 aromatic rings. The molecule has 2 aromatic carbocycles. The SMILES string of the molecule is O=c1[nH]cccc1-c1ccc2c(-c3cc4ccccc4[nH]3)n[nH]c2c1. The van der Waals surface area contributed by atoms with E-state index in [0.717, 1.165) is 38.8 Å². The fourth-order valence-electron chi connectivity index (χ4n) is 3.24. The van der Waals surface area contributed by atoms with Crippen LogP contribution in [0, 0.1) is 0 Å². The van der Waals surface area contributed by atoms with Gasteiger partial charge >= 0.3 is 0 Å². The number of aromatic nitrogens is 4. The van der Waals surface area contributed by atoms with E-state index in [-0.39, 0.29) is 5.56 Å². The van der Waals surface area contributed by atoms with Crippen LogP contribution in [-0.2, 0) is 0 Å². The zero-order chi connectivity index (χ0) is 16.8. The maximum absolute atomic E-state index is 12.0. The predicted molar refractivity (Wildman–Crippen MR) is 99.4 cm³/mol. The molecule has 0 saturated heterocycles. The third-order valence-corrected chi connectivity index (χ3v) is 4.48. The van der Waals surface area contributed by atoms with Gasteiger partial charge in [-0.25, -0.2) is 0 Å². The van der Waals surface area contributed by atoms with E-state index in [0.29, 0.717) is 5.56 Å². The number of benzene rings is 2. The average molecular weight is 326 g/mol. The molecule has 0 spiro atoms. The van der Waals surface area contributed by atoms with Crippen molar-refractivity contribution in [3.63, 3.8) is 0 Å². The van der Waals surface area contributed by atoms with Gasteiger partial charge in [0.2, 0.25) is 0 Å². The number of H-pyrrole nitrogens is 3. The number of hydrogen-bond donors (Lipinski definition) is 3. The van der Waals surface area contributed by atoms with E-state index in [4.69, 9.17) is 0 Å². The second-order valence-electron chi connectivity index (χ2n) is 6.02. The van der Waals surface area contributed by atoms with Gasteiger partial charge in [-0.05, 0) is 42.0 Å². The van der Waals surface area contributed by atoms with Gasteiger partial charge in [0, 0.05) is 28.0 Å². The van der Waals surface area contributed by atoms with Crippen molar-refractivity contribution in [2.75, 3.05) is 0 Å². The molecule has 0 saturated carbocycles. The minimum Gasteiger partial charge on any atom is -0.353 e. The Labute approximate surface area is 142 Å². The Kier molecular flexibility index (Phi) is 2.87. The van der Waals surface area contributed by atoms with Crippen molar-refractivity contribution in [2.45, 2.75) is 0 Å². The Morgan fingerprint density at radius 2 is 1.80 bits per heavy atom. The molecule has 0 aliphatic carbocycles. The first-order chi connectivity index (χ1) is 12.3. The smallest absolute Gasteiger partial charge is 0.255 e. The van der Waals surface area contributed by atoms with Crippen LogP contribution in [0.5, 0.6) is 0 Å². The number of rotatable bonds is 2. The Morgan fingerprint density at radius 1 is 0.880 bits per heavy atom. The number of fused-ring (bicyclic) bond motifs is 2. The molecule has 0 radical (unpaired) electrons. The molecule has 3 aromatic heterocycles. The van der Waals surface area contributed by atoms with Crippen molar-refractivity contribution < 1.29 is 0 Å². The summed E-state index contributed by atoms with van der Waals surface area (Å²) in [7, 11) is 0. The van der Waals surface area contributed by atoms with Gasteiger partial charge in [0.1, 0.15) is 5.69 Å². The van der Waals surface area contributed by atoms with Gasteiger partial charge in [0.05, 0.1) is 11.2 Å². The van der Waals surface area contributed by atoms with Gasteiger partial charge in [-0.15, -0.1) is 0 Å². The van der Waals surface area contributed by atoms with Crippen molar-refractivity contribution in [3.8, 4) is 22.5 Å². The second kappa shape index (κ2) is 5.21. The minimum absolute atomic E-state index is 0.0998. The zero-order valence-electron chi connectivity index (χ0n) is 13.2. The lowest BCUT2D eigenvalue weighted by atomic mass is 10.0. The lowest BCUT2D eigenvalue weighted by molar-refractivity contribution is 1.12. The summed E-state index contributed by atoms with van der Waals surface area (Å²) < 4.78 is 0. The predicted octanol–water partition coefficient (Wildman–Crippen LogP) is 4.07. The summed E-state index contributed by atoms with van der Waals surface area (Å²) in [5, 5.41) is 9.72. The van der Waals surface area contributed by atoms with Crippen molar-refractivity contribution in [1.82, 2.24) is 20.2 Å². The first-order valence-corrected chi connectivity index (χ1v) is 8.04. The molecule has 0 bridgehead atoms. The highest BCUT2D eigenvalue weighted by atomic mass is 16.1. The molecule has 0 atom stereocenters. The fraction of sp³-hybridized carbons (Fsp3) is 0. The van der Waals surface area contributed by atoms with E-state index in [1.54, 1.807) is 6.20 Å². The molecule has 0 aliphatic heterocycles. The Bertz CT molecular complexity index is 1240. The number of nitrogens with one attached hydrogen (secondary N) is 3. The Balaban J connectivity index is 1.67. The van der Waals surface area contributed by atoms with Gasteiger partial charge in [0.25, 0.3) is 5.56 Å². The minimum atomic E-state index is -0.0998. The van der Waals surface area contributed by atoms with Crippen LogP contribution in [0.2, 0.25) is 0 Å². The number of aromatic amines is 3. The van der Waals surface area contributed by atoms with Gasteiger partial charge in [0.15, 0.2) is 0 Å². The van der Waals surface area contributed by atoms with Crippen LogP contribution in [0.3, 0.4) is 0 Å². The highest BCUT2D eigenvalue weighted by molar-refractivity contribution is 5.97. The third-order valence-electron chi connectivity index (χ3n) is 4.48. The maximum atomic E-state index is 12.0. The average Bonchev–Trinajstić information content (AvgIpc) is 3.25. The number of hydrogen-bond acceptors (Lipinski definition) is 2. The van der Waals surface area contributed by atoms with E-state index < -0.39 is 0 Å². The van der Waals surface area contributed by atoms with E-state index in [1.165, 1.54) is 0 Å². The van der Waals surface area contributed by atoms with E-state index in [1.807, 2.05) is 48.5 Å². The summed E-state index contributed by atoms with van der Waals surface area (Å²) in [4.78, 5) is 18.1.